The Morgan fingerprint density at radius 3 is 2.77 bits per heavy atom. The van der Waals surface area contributed by atoms with Crippen LogP contribution in [-0.4, -0.2) is 29.6 Å². The Balaban J connectivity index is 2.66. The van der Waals surface area contributed by atoms with Crippen molar-refractivity contribution in [1.29, 1.82) is 0 Å². The van der Waals surface area contributed by atoms with Crippen molar-refractivity contribution in [3.05, 3.63) is 0 Å². The topological polar surface area (TPSA) is 55.8 Å². The van der Waals surface area contributed by atoms with Gasteiger partial charge in [-0.25, -0.2) is 0 Å². The van der Waals surface area contributed by atoms with Gasteiger partial charge in [-0.1, -0.05) is 0 Å². The van der Waals surface area contributed by atoms with E-state index in [9.17, 15) is 9.90 Å². The van der Waals surface area contributed by atoms with E-state index < -0.39 is 11.9 Å². The van der Waals surface area contributed by atoms with Gasteiger partial charge in [-0.05, 0) is 20.8 Å². The second-order valence-electron chi connectivity index (χ2n) is 3.78. The van der Waals surface area contributed by atoms with Crippen LogP contribution < -0.4 is 0 Å². The molecule has 0 radical (unpaired) electrons. The number of cyclic esters (lactones) is 1. The molecule has 1 fully saturated rings. The third kappa shape index (κ3) is 2.42. The Bertz CT molecular complexity index is 194. The van der Waals surface area contributed by atoms with Crippen LogP contribution in [0, 0.1) is 5.92 Å². The highest BCUT2D eigenvalue weighted by Gasteiger charge is 2.44. The van der Waals surface area contributed by atoms with Gasteiger partial charge in [-0.3, -0.25) is 4.79 Å². The summed E-state index contributed by atoms with van der Waals surface area (Å²) >= 11 is 0. The number of hydrogen-bond donors (Lipinski definition) is 1. The van der Waals surface area contributed by atoms with Crippen molar-refractivity contribution in [2.45, 2.75) is 39.1 Å². The lowest BCUT2D eigenvalue weighted by Gasteiger charge is -2.27. The minimum Gasteiger partial charge on any atom is -0.435 e. The molecule has 1 rings (SSSR count). The molecule has 4 heteroatoms. The lowest BCUT2D eigenvalue weighted by atomic mass is 9.89. The molecular weight excluding hydrogens is 172 g/mol. The SMILES string of the molecule is CCO[C@@H]1OC(=O)C[C@H]1C(C)(C)O. The summed E-state index contributed by atoms with van der Waals surface area (Å²) in [5.74, 6) is -0.564. The maximum Gasteiger partial charge on any atom is 0.308 e. The number of rotatable bonds is 3. The molecule has 0 unspecified atom stereocenters. The van der Waals surface area contributed by atoms with E-state index in [4.69, 9.17) is 9.47 Å². The lowest BCUT2D eigenvalue weighted by molar-refractivity contribution is -0.176. The Labute approximate surface area is 77.8 Å². The van der Waals surface area contributed by atoms with Gasteiger partial charge < -0.3 is 14.6 Å². The molecule has 1 aliphatic heterocycles. The summed E-state index contributed by atoms with van der Waals surface area (Å²) in [6.07, 6.45) is -0.355. The van der Waals surface area contributed by atoms with Gasteiger partial charge in [0.15, 0.2) is 0 Å². The molecule has 1 saturated heterocycles. The Hall–Kier alpha value is -0.610. The van der Waals surface area contributed by atoms with E-state index in [0.717, 1.165) is 0 Å². The number of carbonyl (C=O) groups is 1. The van der Waals surface area contributed by atoms with Crippen LogP contribution in [0.25, 0.3) is 0 Å². The third-order valence-electron chi connectivity index (χ3n) is 2.20. The summed E-state index contributed by atoms with van der Waals surface area (Å²) in [6, 6.07) is 0. The van der Waals surface area contributed by atoms with E-state index in [1.54, 1.807) is 13.8 Å². The molecule has 0 amide bonds. The molecule has 0 spiro atoms. The normalized spacial score (nSPS) is 29.1. The quantitative estimate of drug-likeness (QED) is 0.662. The van der Waals surface area contributed by atoms with Crippen LogP contribution in [-0.2, 0) is 14.3 Å². The smallest absolute Gasteiger partial charge is 0.308 e. The van der Waals surface area contributed by atoms with E-state index >= 15 is 0 Å². The van der Waals surface area contributed by atoms with Crippen molar-refractivity contribution in [1.82, 2.24) is 0 Å². The highest BCUT2D eigenvalue weighted by molar-refractivity contribution is 5.72. The Kier molecular flexibility index (Phi) is 2.93. The largest absolute Gasteiger partial charge is 0.435 e. The average molecular weight is 188 g/mol. The molecule has 1 heterocycles. The van der Waals surface area contributed by atoms with E-state index in [2.05, 4.69) is 0 Å². The van der Waals surface area contributed by atoms with E-state index in [1.807, 2.05) is 6.92 Å². The van der Waals surface area contributed by atoms with Gasteiger partial charge in [0, 0.05) is 6.61 Å². The van der Waals surface area contributed by atoms with E-state index in [0.29, 0.717) is 6.61 Å². The molecule has 76 valence electrons. The monoisotopic (exact) mass is 188 g/mol. The predicted molar refractivity (Wildman–Crippen MR) is 45.9 cm³/mol. The minimum atomic E-state index is -0.938. The highest BCUT2D eigenvalue weighted by Crippen LogP contribution is 2.32. The number of ether oxygens (including phenoxy) is 2. The molecule has 13 heavy (non-hydrogen) atoms. The second kappa shape index (κ2) is 3.64. The zero-order chi connectivity index (χ0) is 10.1. The molecule has 2 atom stereocenters. The fourth-order valence-electron chi connectivity index (χ4n) is 1.43. The first-order valence-corrected chi connectivity index (χ1v) is 4.48. The van der Waals surface area contributed by atoms with Crippen LogP contribution in [0.1, 0.15) is 27.2 Å². The Morgan fingerprint density at radius 2 is 2.31 bits per heavy atom. The Morgan fingerprint density at radius 1 is 1.69 bits per heavy atom. The maximum absolute atomic E-state index is 11.0. The van der Waals surface area contributed by atoms with Crippen molar-refractivity contribution < 1.29 is 19.4 Å². The molecule has 0 saturated carbocycles. The number of hydrogen-bond acceptors (Lipinski definition) is 4. The van der Waals surface area contributed by atoms with Gasteiger partial charge in [0.25, 0.3) is 0 Å². The fourth-order valence-corrected chi connectivity index (χ4v) is 1.43. The molecule has 1 N–H and O–H groups in total. The van der Waals surface area contributed by atoms with Crippen LogP contribution in [0.4, 0.5) is 0 Å². The van der Waals surface area contributed by atoms with E-state index in [1.165, 1.54) is 0 Å². The zero-order valence-corrected chi connectivity index (χ0v) is 8.24. The van der Waals surface area contributed by atoms with E-state index in [-0.39, 0.29) is 18.3 Å². The number of esters is 1. The third-order valence-corrected chi connectivity index (χ3v) is 2.20. The summed E-state index contributed by atoms with van der Waals surface area (Å²) in [4.78, 5) is 11.0. The van der Waals surface area contributed by atoms with Crippen LogP contribution in [0.15, 0.2) is 0 Å². The predicted octanol–water partition coefficient (Wildman–Crippen LogP) is 0.683. The van der Waals surface area contributed by atoms with Crippen molar-refractivity contribution >= 4 is 5.97 Å². The van der Waals surface area contributed by atoms with Crippen molar-refractivity contribution in [3.63, 3.8) is 0 Å². The first kappa shape index (κ1) is 10.5. The van der Waals surface area contributed by atoms with Gasteiger partial charge in [-0.2, -0.15) is 0 Å². The first-order valence-electron chi connectivity index (χ1n) is 4.48. The maximum atomic E-state index is 11.0. The summed E-state index contributed by atoms with van der Waals surface area (Å²) in [6.45, 7) is 5.62. The molecule has 0 aromatic rings. The summed E-state index contributed by atoms with van der Waals surface area (Å²) in [5.41, 5.74) is -0.938. The van der Waals surface area contributed by atoms with Gasteiger partial charge >= 0.3 is 5.97 Å². The van der Waals surface area contributed by atoms with Crippen molar-refractivity contribution in [2.75, 3.05) is 6.61 Å². The number of carbonyl (C=O) groups excluding carboxylic acids is 1. The van der Waals surface area contributed by atoms with Gasteiger partial charge in [0.2, 0.25) is 6.29 Å². The van der Waals surface area contributed by atoms with Gasteiger partial charge in [0.1, 0.15) is 0 Å². The summed E-state index contributed by atoms with van der Waals surface area (Å²) in [5, 5.41) is 9.72. The average Bonchev–Trinajstić information content (AvgIpc) is 2.30. The highest BCUT2D eigenvalue weighted by atomic mass is 16.7. The molecule has 0 aromatic heterocycles. The van der Waals surface area contributed by atoms with Crippen LogP contribution in [0.5, 0.6) is 0 Å². The van der Waals surface area contributed by atoms with Crippen molar-refractivity contribution in [3.8, 4) is 0 Å². The van der Waals surface area contributed by atoms with Crippen LogP contribution in [0.2, 0.25) is 0 Å². The molecular formula is C9H16O4. The van der Waals surface area contributed by atoms with Gasteiger partial charge in [0.05, 0.1) is 17.9 Å². The second-order valence-corrected chi connectivity index (χ2v) is 3.78. The minimum absolute atomic E-state index is 0.230. The molecule has 0 aliphatic carbocycles. The standard InChI is InChI=1S/C9H16O4/c1-4-12-8-6(9(2,3)11)5-7(10)13-8/h6,8,11H,4-5H2,1-3H3/t6-,8-/m1/s1. The van der Waals surface area contributed by atoms with Crippen LogP contribution >= 0.6 is 0 Å². The number of aliphatic hydroxyl groups is 1. The zero-order valence-electron chi connectivity index (χ0n) is 8.24. The molecule has 0 aromatic carbocycles. The molecule has 1 aliphatic rings. The summed E-state index contributed by atoms with van der Waals surface area (Å²) in [7, 11) is 0. The van der Waals surface area contributed by atoms with Crippen LogP contribution in [0.3, 0.4) is 0 Å². The fraction of sp³-hybridized carbons (Fsp3) is 0.889. The molecule has 4 nitrogen and oxygen atoms in total. The van der Waals surface area contributed by atoms with Crippen molar-refractivity contribution in [2.24, 2.45) is 5.92 Å². The first-order chi connectivity index (χ1) is 5.95. The molecule has 0 bridgehead atoms. The lowest BCUT2D eigenvalue weighted by Crippen LogP contribution is -2.37. The van der Waals surface area contributed by atoms with Gasteiger partial charge in [-0.15, -0.1) is 0 Å². The summed E-state index contributed by atoms with van der Waals surface area (Å²) < 4.78 is 10.1.